The van der Waals surface area contributed by atoms with Gasteiger partial charge in [-0.05, 0) is 24.5 Å². The van der Waals surface area contributed by atoms with Crippen molar-refractivity contribution in [3.63, 3.8) is 0 Å². The Morgan fingerprint density at radius 2 is 2.00 bits per heavy atom. The van der Waals surface area contributed by atoms with Gasteiger partial charge in [-0.1, -0.05) is 24.3 Å². The van der Waals surface area contributed by atoms with Crippen LogP contribution in [0.2, 0.25) is 0 Å². The van der Waals surface area contributed by atoms with Crippen LogP contribution in [0.15, 0.2) is 28.7 Å². The predicted octanol–water partition coefficient (Wildman–Crippen LogP) is 1.97. The normalized spacial score (nSPS) is 12.6. The minimum absolute atomic E-state index is 0.0947. The Hall–Kier alpha value is -1.68. The maximum absolute atomic E-state index is 5.78. The Balaban J connectivity index is 2.18. The standard InChI is InChI=1S/C13H17N3O/c1-9-5-3-4-6-11(9)7-12(8-14)13-16-15-10(2)17-13/h3-6,12H,7-8,14H2,1-2H3. The lowest BCUT2D eigenvalue weighted by Gasteiger charge is -2.12. The third-order valence-electron chi connectivity index (χ3n) is 2.90. The summed E-state index contributed by atoms with van der Waals surface area (Å²) < 4.78 is 5.45. The van der Waals surface area contributed by atoms with E-state index >= 15 is 0 Å². The highest BCUT2D eigenvalue weighted by Crippen LogP contribution is 2.20. The van der Waals surface area contributed by atoms with Crippen molar-refractivity contribution in [1.82, 2.24) is 10.2 Å². The first-order chi connectivity index (χ1) is 8.20. The van der Waals surface area contributed by atoms with Gasteiger partial charge in [-0.25, -0.2) is 0 Å². The van der Waals surface area contributed by atoms with Crippen LogP contribution < -0.4 is 5.73 Å². The molecule has 1 atom stereocenters. The Bertz CT molecular complexity index is 493. The highest BCUT2D eigenvalue weighted by atomic mass is 16.4. The van der Waals surface area contributed by atoms with E-state index in [1.807, 2.05) is 12.1 Å². The monoisotopic (exact) mass is 231 g/mol. The van der Waals surface area contributed by atoms with E-state index < -0.39 is 0 Å². The summed E-state index contributed by atoms with van der Waals surface area (Å²) in [5, 5.41) is 7.89. The molecule has 90 valence electrons. The molecule has 1 heterocycles. The molecule has 1 aromatic heterocycles. The van der Waals surface area contributed by atoms with E-state index in [4.69, 9.17) is 10.2 Å². The molecule has 0 spiro atoms. The van der Waals surface area contributed by atoms with Crippen LogP contribution in [0, 0.1) is 13.8 Å². The van der Waals surface area contributed by atoms with Crippen molar-refractivity contribution in [2.24, 2.45) is 5.73 Å². The molecule has 0 fully saturated rings. The molecule has 0 aliphatic rings. The molecule has 0 aliphatic heterocycles. The lowest BCUT2D eigenvalue weighted by molar-refractivity contribution is 0.427. The number of benzene rings is 1. The molecular formula is C13H17N3O. The van der Waals surface area contributed by atoms with Crippen LogP contribution in [-0.4, -0.2) is 16.7 Å². The molecule has 4 nitrogen and oxygen atoms in total. The fourth-order valence-corrected chi connectivity index (χ4v) is 1.85. The zero-order chi connectivity index (χ0) is 12.3. The molecule has 0 aliphatic carbocycles. The van der Waals surface area contributed by atoms with Gasteiger partial charge >= 0.3 is 0 Å². The number of nitrogens with zero attached hydrogens (tertiary/aromatic N) is 2. The summed E-state index contributed by atoms with van der Waals surface area (Å²) in [6.07, 6.45) is 0.838. The van der Waals surface area contributed by atoms with Crippen LogP contribution in [0.4, 0.5) is 0 Å². The third-order valence-corrected chi connectivity index (χ3v) is 2.90. The van der Waals surface area contributed by atoms with Crippen molar-refractivity contribution in [1.29, 1.82) is 0 Å². The molecule has 2 aromatic rings. The van der Waals surface area contributed by atoms with Gasteiger partial charge in [0, 0.05) is 13.5 Å². The quantitative estimate of drug-likeness (QED) is 0.873. The average molecular weight is 231 g/mol. The predicted molar refractivity (Wildman–Crippen MR) is 65.7 cm³/mol. The second-order valence-corrected chi connectivity index (χ2v) is 4.22. The Labute approximate surface area is 101 Å². The number of aryl methyl sites for hydroxylation is 2. The molecule has 0 bridgehead atoms. The van der Waals surface area contributed by atoms with E-state index in [-0.39, 0.29) is 5.92 Å². The topological polar surface area (TPSA) is 64.9 Å². The van der Waals surface area contributed by atoms with E-state index in [1.165, 1.54) is 11.1 Å². The van der Waals surface area contributed by atoms with Gasteiger partial charge in [-0.2, -0.15) is 0 Å². The first-order valence-electron chi connectivity index (χ1n) is 5.75. The fourth-order valence-electron chi connectivity index (χ4n) is 1.85. The number of rotatable bonds is 4. The van der Waals surface area contributed by atoms with E-state index in [1.54, 1.807) is 6.92 Å². The fraction of sp³-hybridized carbons (Fsp3) is 0.385. The van der Waals surface area contributed by atoms with E-state index in [0.29, 0.717) is 18.3 Å². The maximum atomic E-state index is 5.78. The SMILES string of the molecule is Cc1nnc(C(CN)Cc2ccccc2C)o1. The van der Waals surface area contributed by atoms with Crippen LogP contribution in [0.25, 0.3) is 0 Å². The van der Waals surface area contributed by atoms with Crippen molar-refractivity contribution in [3.05, 3.63) is 47.2 Å². The second-order valence-electron chi connectivity index (χ2n) is 4.22. The van der Waals surface area contributed by atoms with E-state index in [9.17, 15) is 0 Å². The maximum Gasteiger partial charge on any atom is 0.221 e. The van der Waals surface area contributed by atoms with Gasteiger partial charge in [0.15, 0.2) is 0 Å². The molecule has 2 N–H and O–H groups in total. The molecule has 1 unspecified atom stereocenters. The largest absolute Gasteiger partial charge is 0.425 e. The Morgan fingerprint density at radius 3 is 2.59 bits per heavy atom. The summed E-state index contributed by atoms with van der Waals surface area (Å²) in [5.41, 5.74) is 8.33. The van der Waals surface area contributed by atoms with Gasteiger partial charge < -0.3 is 10.2 Å². The zero-order valence-electron chi connectivity index (χ0n) is 10.2. The molecule has 2 rings (SSSR count). The highest BCUT2D eigenvalue weighted by Gasteiger charge is 2.17. The molecular weight excluding hydrogens is 214 g/mol. The van der Waals surface area contributed by atoms with Crippen molar-refractivity contribution in [2.45, 2.75) is 26.2 Å². The first-order valence-corrected chi connectivity index (χ1v) is 5.75. The minimum atomic E-state index is 0.0947. The van der Waals surface area contributed by atoms with Gasteiger partial charge in [0.05, 0.1) is 5.92 Å². The van der Waals surface area contributed by atoms with Gasteiger partial charge in [-0.15, -0.1) is 10.2 Å². The zero-order valence-corrected chi connectivity index (χ0v) is 10.2. The summed E-state index contributed by atoms with van der Waals surface area (Å²) in [4.78, 5) is 0. The molecule has 0 saturated carbocycles. The van der Waals surface area contributed by atoms with Crippen LogP contribution in [0.1, 0.15) is 28.8 Å². The average Bonchev–Trinajstić information content (AvgIpc) is 2.75. The smallest absolute Gasteiger partial charge is 0.221 e. The van der Waals surface area contributed by atoms with Crippen molar-refractivity contribution < 1.29 is 4.42 Å². The first kappa shape index (κ1) is 11.8. The van der Waals surface area contributed by atoms with Crippen LogP contribution in [-0.2, 0) is 6.42 Å². The molecule has 0 saturated heterocycles. The van der Waals surface area contributed by atoms with Crippen molar-refractivity contribution in [2.75, 3.05) is 6.54 Å². The van der Waals surface area contributed by atoms with Gasteiger partial charge in [0.25, 0.3) is 0 Å². The molecule has 17 heavy (non-hydrogen) atoms. The van der Waals surface area contributed by atoms with Gasteiger partial charge in [0.2, 0.25) is 11.8 Å². The number of nitrogens with two attached hydrogens (primary N) is 1. The van der Waals surface area contributed by atoms with Crippen molar-refractivity contribution in [3.8, 4) is 0 Å². The molecule has 0 amide bonds. The minimum Gasteiger partial charge on any atom is -0.425 e. The molecule has 4 heteroatoms. The van der Waals surface area contributed by atoms with Crippen molar-refractivity contribution >= 4 is 0 Å². The van der Waals surface area contributed by atoms with Crippen LogP contribution >= 0.6 is 0 Å². The van der Waals surface area contributed by atoms with Crippen LogP contribution in [0.3, 0.4) is 0 Å². The van der Waals surface area contributed by atoms with E-state index in [2.05, 4.69) is 29.3 Å². The summed E-state index contributed by atoms with van der Waals surface area (Å²) in [5.74, 6) is 1.31. The Morgan fingerprint density at radius 1 is 1.24 bits per heavy atom. The number of hydrogen-bond donors (Lipinski definition) is 1. The summed E-state index contributed by atoms with van der Waals surface area (Å²) >= 11 is 0. The van der Waals surface area contributed by atoms with E-state index in [0.717, 1.165) is 6.42 Å². The third kappa shape index (κ3) is 2.71. The summed E-state index contributed by atoms with van der Waals surface area (Å²) in [7, 11) is 0. The van der Waals surface area contributed by atoms with Gasteiger partial charge in [0.1, 0.15) is 0 Å². The number of aromatic nitrogens is 2. The summed E-state index contributed by atoms with van der Waals surface area (Å²) in [6.45, 7) is 4.40. The number of hydrogen-bond acceptors (Lipinski definition) is 4. The van der Waals surface area contributed by atoms with Gasteiger partial charge in [-0.3, -0.25) is 0 Å². The second kappa shape index (κ2) is 5.10. The molecule has 0 radical (unpaired) electrons. The van der Waals surface area contributed by atoms with Crippen LogP contribution in [0.5, 0.6) is 0 Å². The lowest BCUT2D eigenvalue weighted by Crippen LogP contribution is -2.16. The Kier molecular flexibility index (Phi) is 3.54. The lowest BCUT2D eigenvalue weighted by atomic mass is 9.96. The summed E-state index contributed by atoms with van der Waals surface area (Å²) in [6, 6.07) is 8.28. The highest BCUT2D eigenvalue weighted by molar-refractivity contribution is 5.27. The molecule has 1 aromatic carbocycles.